The molecule has 0 aliphatic carbocycles. The van der Waals surface area contributed by atoms with Crippen molar-refractivity contribution in [3.8, 4) is 11.5 Å². The van der Waals surface area contributed by atoms with Crippen LogP contribution in [-0.4, -0.2) is 26.6 Å². The number of fused-ring (bicyclic) bond motifs is 1. The van der Waals surface area contributed by atoms with Crippen LogP contribution in [0.5, 0.6) is 11.5 Å². The van der Waals surface area contributed by atoms with E-state index in [2.05, 4.69) is 5.32 Å². The molecule has 1 aliphatic rings. The smallest absolute Gasteiger partial charge is 0.231 e. The van der Waals surface area contributed by atoms with Crippen molar-refractivity contribution < 1.29 is 13.9 Å². The number of nitrogens with one attached hydrogen (secondary N) is 1. The van der Waals surface area contributed by atoms with E-state index < -0.39 is 0 Å². The molecule has 0 aromatic heterocycles. The predicted octanol–water partition coefficient (Wildman–Crippen LogP) is 2.08. The van der Waals surface area contributed by atoms with E-state index in [1.807, 2.05) is 32.2 Å². The van der Waals surface area contributed by atoms with Gasteiger partial charge >= 0.3 is 0 Å². The van der Waals surface area contributed by atoms with E-state index in [-0.39, 0.29) is 25.4 Å². The Kier molecular flexibility index (Phi) is 3.29. The monoisotopic (exact) mass is 225 g/mol. The summed E-state index contributed by atoms with van der Waals surface area (Å²) in [5.74, 6) is 1.29. The first-order chi connectivity index (χ1) is 7.76. The number of ether oxygens (including phenoxy) is 2. The van der Waals surface area contributed by atoms with Gasteiger partial charge in [0.05, 0.1) is 6.67 Å². The van der Waals surface area contributed by atoms with E-state index in [4.69, 9.17) is 9.47 Å². The molecule has 2 rings (SSSR count). The Morgan fingerprint density at radius 1 is 1.38 bits per heavy atom. The van der Waals surface area contributed by atoms with Crippen molar-refractivity contribution >= 4 is 0 Å². The van der Waals surface area contributed by atoms with Gasteiger partial charge in [-0.1, -0.05) is 6.07 Å². The van der Waals surface area contributed by atoms with E-state index in [1.165, 1.54) is 0 Å². The van der Waals surface area contributed by atoms with E-state index in [0.717, 1.165) is 11.3 Å². The number of alkyl halides is 1. The molecule has 1 heterocycles. The molecule has 16 heavy (non-hydrogen) atoms. The maximum absolute atomic E-state index is 13.0. The molecule has 1 N–H and O–H groups in total. The molecule has 1 aliphatic heterocycles. The zero-order chi connectivity index (χ0) is 11.5. The summed E-state index contributed by atoms with van der Waals surface area (Å²) in [6.45, 7) is 1.83. The molecule has 0 radical (unpaired) electrons. The maximum atomic E-state index is 13.0. The molecule has 0 saturated heterocycles. The summed E-state index contributed by atoms with van der Waals surface area (Å²) in [6, 6.07) is 5.68. The molecule has 1 aromatic rings. The van der Waals surface area contributed by atoms with Gasteiger partial charge in [0, 0.05) is 12.0 Å². The van der Waals surface area contributed by atoms with Crippen LogP contribution in [0.1, 0.15) is 18.4 Å². The highest BCUT2D eigenvalue weighted by Crippen LogP contribution is 2.35. The second-order valence-electron chi connectivity index (χ2n) is 3.95. The van der Waals surface area contributed by atoms with Crippen LogP contribution in [0, 0.1) is 0 Å². The zero-order valence-electron chi connectivity index (χ0n) is 9.50. The topological polar surface area (TPSA) is 30.5 Å². The molecule has 0 saturated carbocycles. The van der Waals surface area contributed by atoms with Gasteiger partial charge in [-0.3, -0.25) is 4.39 Å². The van der Waals surface area contributed by atoms with Gasteiger partial charge in [0.15, 0.2) is 11.5 Å². The quantitative estimate of drug-likeness (QED) is 0.851. The van der Waals surface area contributed by atoms with Crippen LogP contribution in [0.15, 0.2) is 18.2 Å². The van der Waals surface area contributed by atoms with Gasteiger partial charge in [0.1, 0.15) is 0 Å². The fraction of sp³-hybridized carbons (Fsp3) is 0.500. The van der Waals surface area contributed by atoms with Crippen molar-refractivity contribution in [2.45, 2.75) is 18.9 Å². The third-order valence-electron chi connectivity index (χ3n) is 3.05. The molecule has 0 fully saturated rings. The third-order valence-corrected chi connectivity index (χ3v) is 3.05. The Morgan fingerprint density at radius 3 is 2.81 bits per heavy atom. The Balaban J connectivity index is 2.25. The van der Waals surface area contributed by atoms with Crippen molar-refractivity contribution in [1.29, 1.82) is 0 Å². The van der Waals surface area contributed by atoms with Crippen molar-refractivity contribution in [2.75, 3.05) is 20.5 Å². The Hall–Kier alpha value is -1.29. The lowest BCUT2D eigenvalue weighted by Gasteiger charge is -2.21. The SMILES string of the molecule is CN[C@@H](C)[C@H](CF)c1ccc2c(c1)OCO2. The second kappa shape index (κ2) is 4.70. The highest BCUT2D eigenvalue weighted by atomic mass is 19.1. The number of halogens is 1. The van der Waals surface area contributed by atoms with Gasteiger partial charge in [-0.05, 0) is 31.7 Å². The summed E-state index contributed by atoms with van der Waals surface area (Å²) in [5.41, 5.74) is 0.939. The summed E-state index contributed by atoms with van der Waals surface area (Å²) in [5, 5.41) is 3.07. The fourth-order valence-corrected chi connectivity index (χ4v) is 1.86. The Labute approximate surface area is 94.6 Å². The van der Waals surface area contributed by atoms with Gasteiger partial charge < -0.3 is 14.8 Å². The molecule has 2 atom stereocenters. The zero-order valence-corrected chi connectivity index (χ0v) is 9.50. The third kappa shape index (κ3) is 1.97. The molecule has 0 amide bonds. The van der Waals surface area contributed by atoms with Gasteiger partial charge in [-0.15, -0.1) is 0 Å². The van der Waals surface area contributed by atoms with Gasteiger partial charge in [-0.25, -0.2) is 0 Å². The first-order valence-corrected chi connectivity index (χ1v) is 5.39. The van der Waals surface area contributed by atoms with Gasteiger partial charge in [0.2, 0.25) is 6.79 Å². The highest BCUT2D eigenvalue weighted by molar-refractivity contribution is 5.45. The van der Waals surface area contributed by atoms with Crippen LogP contribution in [0.3, 0.4) is 0 Å². The Bertz CT molecular complexity index is 370. The first-order valence-electron chi connectivity index (χ1n) is 5.39. The minimum absolute atomic E-state index is 0.0883. The van der Waals surface area contributed by atoms with Crippen LogP contribution in [0.25, 0.3) is 0 Å². The number of likely N-dealkylation sites (N-methyl/N-ethyl adjacent to an activating group) is 1. The summed E-state index contributed by atoms with van der Waals surface area (Å²) in [4.78, 5) is 0. The second-order valence-corrected chi connectivity index (χ2v) is 3.95. The number of benzene rings is 1. The van der Waals surface area contributed by atoms with Crippen molar-refractivity contribution in [2.24, 2.45) is 0 Å². The number of hydrogen-bond acceptors (Lipinski definition) is 3. The molecule has 1 aromatic carbocycles. The van der Waals surface area contributed by atoms with E-state index in [9.17, 15) is 4.39 Å². The van der Waals surface area contributed by atoms with E-state index in [1.54, 1.807) is 0 Å². The summed E-state index contributed by atoms with van der Waals surface area (Å²) >= 11 is 0. The van der Waals surface area contributed by atoms with Crippen LogP contribution >= 0.6 is 0 Å². The number of hydrogen-bond donors (Lipinski definition) is 1. The molecular formula is C12H16FNO2. The molecule has 0 bridgehead atoms. The lowest BCUT2D eigenvalue weighted by atomic mass is 9.93. The average molecular weight is 225 g/mol. The number of rotatable bonds is 4. The first kappa shape index (κ1) is 11.2. The maximum Gasteiger partial charge on any atom is 0.231 e. The van der Waals surface area contributed by atoms with Crippen LogP contribution in [0.2, 0.25) is 0 Å². The van der Waals surface area contributed by atoms with Gasteiger partial charge in [0.25, 0.3) is 0 Å². The summed E-state index contributed by atoms with van der Waals surface area (Å²) in [7, 11) is 1.83. The molecule has 4 heteroatoms. The minimum Gasteiger partial charge on any atom is -0.454 e. The van der Waals surface area contributed by atoms with Crippen LogP contribution < -0.4 is 14.8 Å². The van der Waals surface area contributed by atoms with Gasteiger partial charge in [-0.2, -0.15) is 0 Å². The van der Waals surface area contributed by atoms with E-state index >= 15 is 0 Å². The molecule has 0 spiro atoms. The Morgan fingerprint density at radius 2 is 2.12 bits per heavy atom. The molecule has 3 nitrogen and oxygen atoms in total. The fourth-order valence-electron chi connectivity index (χ4n) is 1.86. The molecule has 0 unspecified atom stereocenters. The predicted molar refractivity (Wildman–Crippen MR) is 59.8 cm³/mol. The molecule has 88 valence electrons. The van der Waals surface area contributed by atoms with Crippen LogP contribution in [-0.2, 0) is 0 Å². The normalized spacial score (nSPS) is 17.2. The summed E-state index contributed by atoms with van der Waals surface area (Å²) in [6.07, 6.45) is 0. The van der Waals surface area contributed by atoms with Crippen molar-refractivity contribution in [3.63, 3.8) is 0 Å². The minimum atomic E-state index is -0.387. The van der Waals surface area contributed by atoms with Crippen LogP contribution in [0.4, 0.5) is 4.39 Å². The van der Waals surface area contributed by atoms with Crippen molar-refractivity contribution in [3.05, 3.63) is 23.8 Å². The largest absolute Gasteiger partial charge is 0.454 e. The standard InChI is InChI=1S/C12H16FNO2/c1-8(14-2)10(6-13)9-3-4-11-12(5-9)16-7-15-11/h3-5,8,10,14H,6-7H2,1-2H3/t8-,10-/m0/s1. The molecular weight excluding hydrogens is 209 g/mol. The summed E-state index contributed by atoms with van der Waals surface area (Å²) < 4.78 is 23.5. The lowest BCUT2D eigenvalue weighted by Crippen LogP contribution is -2.30. The highest BCUT2D eigenvalue weighted by Gasteiger charge is 2.21. The average Bonchev–Trinajstić information content (AvgIpc) is 2.77. The van der Waals surface area contributed by atoms with E-state index in [0.29, 0.717) is 5.75 Å². The lowest BCUT2D eigenvalue weighted by molar-refractivity contribution is 0.174. The van der Waals surface area contributed by atoms with Crippen molar-refractivity contribution in [1.82, 2.24) is 5.32 Å².